The summed E-state index contributed by atoms with van der Waals surface area (Å²) in [7, 11) is 0. The van der Waals surface area contributed by atoms with Crippen LogP contribution in [0.25, 0.3) is 28.0 Å². The lowest BCUT2D eigenvalue weighted by Crippen LogP contribution is -2.41. The third kappa shape index (κ3) is 4.86. The number of aliphatic imine (C=N–C) groups is 1. The molecule has 2 atom stereocenters. The highest BCUT2D eigenvalue weighted by Gasteiger charge is 2.39. The zero-order valence-corrected chi connectivity index (χ0v) is 25.8. The van der Waals surface area contributed by atoms with Gasteiger partial charge in [0.2, 0.25) is 0 Å². The molecule has 4 nitrogen and oxygen atoms in total. The molecule has 1 aliphatic carbocycles. The van der Waals surface area contributed by atoms with Crippen LogP contribution in [0.3, 0.4) is 0 Å². The number of nitrogens with zero attached hydrogens (tertiary/aromatic N) is 3. The van der Waals surface area contributed by atoms with Gasteiger partial charge in [0.05, 0.1) is 28.5 Å². The standard InChI is InChI=1S/C43H32N4/c1-3-12-30(13-4-1)34-16-7-8-17-35(34)31-24-22-29(23-25-31)33-26-27-38-39(28-33)45-42-36-18-9-10-20-40(36)47(43(42)46-38)41-21-11-19-37(44-41)32-14-5-2-6-15-32/h1-22,24-29,43,46H,23H2. The molecule has 3 aliphatic rings. The summed E-state index contributed by atoms with van der Waals surface area (Å²) in [5.74, 6) is 1.19. The van der Waals surface area contributed by atoms with E-state index in [1.807, 2.05) is 6.07 Å². The van der Waals surface area contributed by atoms with Gasteiger partial charge < -0.3 is 5.32 Å². The van der Waals surface area contributed by atoms with E-state index in [1.54, 1.807) is 0 Å². The van der Waals surface area contributed by atoms with Crippen molar-refractivity contribution in [3.05, 3.63) is 181 Å². The van der Waals surface area contributed by atoms with Crippen LogP contribution in [-0.2, 0) is 0 Å². The minimum Gasteiger partial charge on any atom is -0.358 e. The van der Waals surface area contributed by atoms with Crippen LogP contribution < -0.4 is 10.2 Å². The molecule has 1 aromatic heterocycles. The van der Waals surface area contributed by atoms with Crippen LogP contribution in [0.15, 0.2) is 169 Å². The molecule has 0 saturated carbocycles. The van der Waals surface area contributed by atoms with Crippen molar-refractivity contribution in [1.82, 2.24) is 4.98 Å². The third-order valence-electron chi connectivity index (χ3n) is 9.41. The second-order valence-electron chi connectivity index (χ2n) is 12.2. The molecule has 0 radical (unpaired) electrons. The first-order valence-corrected chi connectivity index (χ1v) is 16.2. The molecule has 2 unspecified atom stereocenters. The van der Waals surface area contributed by atoms with Crippen LogP contribution in [0.1, 0.15) is 29.0 Å². The third-order valence-corrected chi connectivity index (χ3v) is 9.41. The van der Waals surface area contributed by atoms with E-state index in [2.05, 4.69) is 168 Å². The molecule has 9 rings (SSSR count). The fourth-order valence-electron chi connectivity index (χ4n) is 7.09. The second-order valence-corrected chi connectivity index (χ2v) is 12.2. The van der Waals surface area contributed by atoms with Crippen molar-refractivity contribution in [3.8, 4) is 22.4 Å². The summed E-state index contributed by atoms with van der Waals surface area (Å²) >= 11 is 0. The van der Waals surface area contributed by atoms with E-state index in [9.17, 15) is 0 Å². The maximum Gasteiger partial charge on any atom is 0.149 e. The van der Waals surface area contributed by atoms with Crippen LogP contribution in [0.2, 0.25) is 0 Å². The molecule has 3 heterocycles. The van der Waals surface area contributed by atoms with Gasteiger partial charge >= 0.3 is 0 Å². The first-order chi connectivity index (χ1) is 23.3. The molecule has 0 bridgehead atoms. The van der Waals surface area contributed by atoms with Crippen molar-refractivity contribution in [2.75, 3.05) is 10.2 Å². The van der Waals surface area contributed by atoms with Gasteiger partial charge in [-0.2, -0.15) is 0 Å². The summed E-state index contributed by atoms with van der Waals surface area (Å²) in [6.07, 6.45) is 7.82. The predicted molar refractivity (Wildman–Crippen MR) is 195 cm³/mol. The summed E-state index contributed by atoms with van der Waals surface area (Å²) in [5, 5.41) is 3.82. The van der Waals surface area contributed by atoms with Gasteiger partial charge in [-0.05, 0) is 64.6 Å². The first kappa shape index (κ1) is 27.3. The number of fused-ring (bicyclic) bond motifs is 4. The number of anilines is 3. The van der Waals surface area contributed by atoms with Crippen molar-refractivity contribution in [2.24, 2.45) is 4.99 Å². The zero-order valence-electron chi connectivity index (χ0n) is 25.8. The smallest absolute Gasteiger partial charge is 0.149 e. The Labute approximate surface area is 275 Å². The normalized spacial score (nSPS) is 17.6. The summed E-state index contributed by atoms with van der Waals surface area (Å²) in [4.78, 5) is 12.7. The van der Waals surface area contributed by atoms with Gasteiger partial charge in [0.15, 0.2) is 0 Å². The van der Waals surface area contributed by atoms with Gasteiger partial charge in [0.1, 0.15) is 12.0 Å². The Balaban J connectivity index is 1.01. The van der Waals surface area contributed by atoms with Crippen molar-refractivity contribution >= 4 is 34.2 Å². The van der Waals surface area contributed by atoms with Gasteiger partial charge in [-0.3, -0.25) is 4.90 Å². The van der Waals surface area contributed by atoms with Crippen LogP contribution in [0.4, 0.5) is 22.9 Å². The van der Waals surface area contributed by atoms with Crippen LogP contribution >= 0.6 is 0 Å². The van der Waals surface area contributed by atoms with Gasteiger partial charge in [-0.25, -0.2) is 9.98 Å². The molecular formula is C43H32N4. The molecule has 2 aliphatic heterocycles. The average molecular weight is 605 g/mol. The Morgan fingerprint density at radius 1 is 0.638 bits per heavy atom. The minimum absolute atomic E-state index is 0.144. The number of hydrogen-bond acceptors (Lipinski definition) is 4. The molecule has 4 heteroatoms. The molecule has 0 fully saturated rings. The Morgan fingerprint density at radius 2 is 1.36 bits per heavy atom. The van der Waals surface area contributed by atoms with E-state index in [1.165, 1.54) is 27.8 Å². The zero-order chi connectivity index (χ0) is 31.2. The highest BCUT2D eigenvalue weighted by molar-refractivity contribution is 6.19. The molecule has 224 valence electrons. The lowest BCUT2D eigenvalue weighted by atomic mass is 9.86. The monoisotopic (exact) mass is 604 g/mol. The lowest BCUT2D eigenvalue weighted by Gasteiger charge is -2.31. The van der Waals surface area contributed by atoms with E-state index >= 15 is 0 Å². The maximum atomic E-state index is 5.31. The van der Waals surface area contributed by atoms with E-state index in [0.717, 1.165) is 51.8 Å². The highest BCUT2D eigenvalue weighted by Crippen LogP contribution is 2.45. The van der Waals surface area contributed by atoms with Crippen LogP contribution in [0.5, 0.6) is 0 Å². The van der Waals surface area contributed by atoms with Gasteiger partial charge in [-0.15, -0.1) is 0 Å². The van der Waals surface area contributed by atoms with Crippen LogP contribution in [0, 0.1) is 0 Å². The van der Waals surface area contributed by atoms with E-state index in [0.29, 0.717) is 5.92 Å². The minimum atomic E-state index is -0.144. The van der Waals surface area contributed by atoms with Gasteiger partial charge in [0, 0.05) is 17.0 Å². The summed E-state index contributed by atoms with van der Waals surface area (Å²) in [6, 6.07) is 51.1. The number of hydrogen-bond donors (Lipinski definition) is 1. The molecule has 5 aromatic carbocycles. The molecule has 6 aromatic rings. The molecule has 0 amide bonds. The maximum absolute atomic E-state index is 5.31. The topological polar surface area (TPSA) is 40.5 Å². The van der Waals surface area contributed by atoms with Crippen LogP contribution in [-0.4, -0.2) is 16.9 Å². The number of para-hydroxylation sites is 1. The second kappa shape index (κ2) is 11.4. The lowest BCUT2D eigenvalue weighted by molar-refractivity contribution is 0.855. The largest absolute Gasteiger partial charge is 0.358 e. The highest BCUT2D eigenvalue weighted by atomic mass is 15.3. The Hall–Kier alpha value is -6.00. The van der Waals surface area contributed by atoms with Gasteiger partial charge in [0.25, 0.3) is 0 Å². The quantitative estimate of drug-likeness (QED) is 0.213. The average Bonchev–Trinajstić information content (AvgIpc) is 3.47. The Kier molecular flexibility index (Phi) is 6.64. The van der Waals surface area contributed by atoms with Gasteiger partial charge in [-0.1, -0.05) is 133 Å². The molecule has 0 saturated heterocycles. The van der Waals surface area contributed by atoms with Crippen molar-refractivity contribution in [2.45, 2.75) is 18.5 Å². The number of pyridine rings is 1. The van der Waals surface area contributed by atoms with E-state index in [4.69, 9.17) is 9.98 Å². The summed E-state index contributed by atoms with van der Waals surface area (Å²) in [6.45, 7) is 0. The van der Waals surface area contributed by atoms with E-state index in [-0.39, 0.29) is 6.17 Å². The number of allylic oxidation sites excluding steroid dienone is 4. The number of nitrogens with one attached hydrogen (secondary N) is 1. The first-order valence-electron chi connectivity index (χ1n) is 16.2. The number of rotatable bonds is 5. The molecule has 1 N–H and O–H groups in total. The fourth-order valence-corrected chi connectivity index (χ4v) is 7.09. The summed E-state index contributed by atoms with van der Waals surface area (Å²) in [5.41, 5.74) is 13.7. The van der Waals surface area contributed by atoms with Crippen molar-refractivity contribution < 1.29 is 0 Å². The summed E-state index contributed by atoms with van der Waals surface area (Å²) < 4.78 is 0. The fraction of sp³-hybridized carbons (Fsp3) is 0.0698. The number of aromatic nitrogens is 1. The van der Waals surface area contributed by atoms with Crippen molar-refractivity contribution in [3.63, 3.8) is 0 Å². The van der Waals surface area contributed by atoms with E-state index < -0.39 is 0 Å². The van der Waals surface area contributed by atoms with Crippen molar-refractivity contribution in [1.29, 1.82) is 0 Å². The molecule has 47 heavy (non-hydrogen) atoms. The SMILES string of the molecule is C1=CC(c2ccc3c(c2)N=C2c4ccccc4N(c4cccc(-c5ccccc5)n4)C2N3)CC=C1c1ccccc1-c1ccccc1. The molecular weight excluding hydrogens is 573 g/mol. The Bertz CT molecular complexity index is 2210. The number of benzene rings is 5. The Morgan fingerprint density at radius 3 is 2.15 bits per heavy atom. The predicted octanol–water partition coefficient (Wildman–Crippen LogP) is 10.6. The molecule has 0 spiro atoms.